The second-order valence-corrected chi connectivity index (χ2v) is 13.5. The number of carbonyl (C=O) groups excluding carboxylic acids is 2. The summed E-state index contributed by atoms with van der Waals surface area (Å²) in [6.07, 6.45) is -1.42. The lowest BCUT2D eigenvalue weighted by atomic mass is 9.40. The Labute approximate surface area is 217 Å². The SMILES string of the molecule is Cc1c(O)ccc2c1[C@@H](O)C[C@H]1[C@@H]2C2CC3(O)C(=O)O[C@@]4(C)[C@H]5C[C@@]6(C)[C@@H]7[C@@]2(O)[C@@]1(OC[C@H]6C(=O)O5)O[C@]734. The van der Waals surface area contributed by atoms with Crippen LogP contribution in [0.3, 0.4) is 0 Å². The van der Waals surface area contributed by atoms with E-state index in [1.165, 1.54) is 0 Å². The molecule has 1 aromatic rings. The molecule has 4 N–H and O–H groups in total. The first-order valence-electron chi connectivity index (χ1n) is 13.5. The molecule has 7 fully saturated rings. The molecule has 1 aromatic carbocycles. The number of phenols is 1. The van der Waals surface area contributed by atoms with E-state index in [-0.39, 0.29) is 25.2 Å². The van der Waals surface area contributed by atoms with Crippen molar-refractivity contribution in [3.8, 4) is 5.75 Å². The minimum atomic E-state index is -2.10. The number of rotatable bonds is 0. The van der Waals surface area contributed by atoms with Gasteiger partial charge in [-0.3, -0.25) is 4.79 Å². The van der Waals surface area contributed by atoms with Gasteiger partial charge >= 0.3 is 11.9 Å². The van der Waals surface area contributed by atoms with Crippen molar-refractivity contribution in [1.29, 1.82) is 0 Å². The Balaban J connectivity index is 1.39. The number of fused-ring (bicyclic) bond motifs is 6. The van der Waals surface area contributed by atoms with Crippen LogP contribution in [-0.4, -0.2) is 73.3 Å². The van der Waals surface area contributed by atoms with Crippen molar-refractivity contribution in [2.24, 2.45) is 29.1 Å². The third-order valence-electron chi connectivity index (χ3n) is 12.5. The third-order valence-corrected chi connectivity index (χ3v) is 12.5. The number of aliphatic hydroxyl groups excluding tert-OH is 1. The van der Waals surface area contributed by atoms with E-state index in [0.717, 1.165) is 5.56 Å². The monoisotopic (exact) mass is 526 g/mol. The highest BCUT2D eigenvalue weighted by Gasteiger charge is 3.00. The summed E-state index contributed by atoms with van der Waals surface area (Å²) < 4.78 is 25.4. The van der Waals surface area contributed by atoms with Crippen molar-refractivity contribution in [3.05, 3.63) is 28.8 Å². The van der Waals surface area contributed by atoms with E-state index >= 15 is 0 Å². The molecule has 8 aliphatic rings. The number of esters is 2. The second-order valence-electron chi connectivity index (χ2n) is 13.5. The number of phenolic OH excluding ortho intramolecular Hbond substituents is 1. The molecule has 10 nitrogen and oxygen atoms in total. The molecule has 4 saturated heterocycles. The quantitative estimate of drug-likeness (QED) is 0.356. The minimum absolute atomic E-state index is 0.0472. The predicted molar refractivity (Wildman–Crippen MR) is 123 cm³/mol. The van der Waals surface area contributed by atoms with E-state index < -0.39 is 87.3 Å². The van der Waals surface area contributed by atoms with Crippen LogP contribution in [-0.2, 0) is 28.5 Å². The normalized spacial score (nSPS) is 59.7. The average molecular weight is 527 g/mol. The van der Waals surface area contributed by atoms with E-state index in [0.29, 0.717) is 17.5 Å². The highest BCUT2D eigenvalue weighted by molar-refractivity contribution is 5.88. The van der Waals surface area contributed by atoms with Crippen LogP contribution < -0.4 is 0 Å². The molecular weight excluding hydrogens is 496 g/mol. The summed E-state index contributed by atoms with van der Waals surface area (Å²) in [7, 11) is 0. The Morgan fingerprint density at radius 3 is 2.61 bits per heavy atom. The number of hydrogen-bond acceptors (Lipinski definition) is 10. The Bertz CT molecular complexity index is 1410. The number of ether oxygens (including phenoxy) is 4. The molecule has 0 aromatic heterocycles. The second kappa shape index (κ2) is 5.78. The van der Waals surface area contributed by atoms with E-state index in [1.54, 1.807) is 26.0 Å². The molecule has 38 heavy (non-hydrogen) atoms. The van der Waals surface area contributed by atoms with Crippen LogP contribution in [0.5, 0.6) is 5.75 Å². The van der Waals surface area contributed by atoms with Gasteiger partial charge in [0.15, 0.2) is 16.8 Å². The van der Waals surface area contributed by atoms with Gasteiger partial charge in [0.25, 0.3) is 0 Å². The van der Waals surface area contributed by atoms with Crippen molar-refractivity contribution in [1.82, 2.24) is 0 Å². The van der Waals surface area contributed by atoms with Gasteiger partial charge in [-0.15, -0.1) is 0 Å². The Morgan fingerprint density at radius 1 is 1.08 bits per heavy atom. The van der Waals surface area contributed by atoms with Crippen LogP contribution >= 0.6 is 0 Å². The maximum absolute atomic E-state index is 13.7. The van der Waals surface area contributed by atoms with Gasteiger partial charge in [0.1, 0.15) is 17.5 Å². The van der Waals surface area contributed by atoms with Crippen molar-refractivity contribution < 1.29 is 49.0 Å². The van der Waals surface area contributed by atoms with Crippen LogP contribution in [0.1, 0.15) is 61.8 Å². The Hall–Kier alpha value is -2.24. The molecule has 0 amide bonds. The van der Waals surface area contributed by atoms with Crippen LogP contribution in [0.25, 0.3) is 0 Å². The molecule has 4 aliphatic carbocycles. The van der Waals surface area contributed by atoms with Crippen molar-refractivity contribution >= 4 is 11.9 Å². The van der Waals surface area contributed by atoms with Crippen LogP contribution in [0.15, 0.2) is 12.1 Å². The van der Waals surface area contributed by atoms with E-state index in [1.807, 2.05) is 6.92 Å². The summed E-state index contributed by atoms with van der Waals surface area (Å²) in [5, 5.41) is 47.4. The van der Waals surface area contributed by atoms with E-state index in [9.17, 15) is 30.0 Å². The fraction of sp³-hybridized carbons (Fsp3) is 0.714. The average Bonchev–Trinajstić information content (AvgIpc) is 3.22. The smallest absolute Gasteiger partial charge is 0.342 e. The van der Waals surface area contributed by atoms with Crippen molar-refractivity contribution in [2.75, 3.05) is 6.61 Å². The van der Waals surface area contributed by atoms with Crippen LogP contribution in [0, 0.1) is 36.0 Å². The van der Waals surface area contributed by atoms with Crippen LogP contribution in [0.4, 0.5) is 0 Å². The fourth-order valence-corrected chi connectivity index (χ4v) is 11.2. The Morgan fingerprint density at radius 2 is 1.84 bits per heavy atom. The molecule has 13 atom stereocenters. The molecule has 4 heterocycles. The van der Waals surface area contributed by atoms with Gasteiger partial charge < -0.3 is 39.4 Å². The molecule has 6 bridgehead atoms. The zero-order valence-corrected chi connectivity index (χ0v) is 21.3. The van der Waals surface area contributed by atoms with Crippen LogP contribution in [0.2, 0.25) is 0 Å². The van der Waals surface area contributed by atoms with Gasteiger partial charge in [-0.2, -0.15) is 0 Å². The summed E-state index contributed by atoms with van der Waals surface area (Å²) in [4.78, 5) is 27.1. The summed E-state index contributed by atoms with van der Waals surface area (Å²) >= 11 is 0. The topological polar surface area (TPSA) is 152 Å². The highest BCUT2D eigenvalue weighted by Crippen LogP contribution is 2.85. The maximum atomic E-state index is 13.7. The molecule has 4 aliphatic heterocycles. The number of benzene rings is 1. The molecule has 1 spiro atoms. The molecule has 10 heteroatoms. The predicted octanol–water partition coefficient (Wildman–Crippen LogP) is 0.712. The van der Waals surface area contributed by atoms with Gasteiger partial charge in [0.2, 0.25) is 5.79 Å². The van der Waals surface area contributed by atoms with Crippen molar-refractivity contribution in [2.45, 2.75) is 86.4 Å². The minimum Gasteiger partial charge on any atom is -0.508 e. The number of carbonyl (C=O) groups is 2. The van der Waals surface area contributed by atoms with Gasteiger partial charge in [0.05, 0.1) is 18.6 Å². The molecule has 9 rings (SSSR count). The summed E-state index contributed by atoms with van der Waals surface area (Å²) in [5.74, 6) is -6.21. The number of hydrogen-bond donors (Lipinski definition) is 4. The zero-order chi connectivity index (χ0) is 26.6. The first-order valence-corrected chi connectivity index (χ1v) is 13.5. The lowest BCUT2D eigenvalue weighted by Crippen LogP contribution is -2.82. The largest absolute Gasteiger partial charge is 0.508 e. The number of aromatic hydroxyl groups is 1. The van der Waals surface area contributed by atoms with E-state index in [2.05, 4.69) is 0 Å². The summed E-state index contributed by atoms with van der Waals surface area (Å²) in [6, 6.07) is 3.33. The lowest BCUT2D eigenvalue weighted by molar-refractivity contribution is -0.370. The summed E-state index contributed by atoms with van der Waals surface area (Å²) in [5.41, 5.74) is -6.05. The molecule has 2 unspecified atom stereocenters. The van der Waals surface area contributed by atoms with Gasteiger partial charge in [-0.05, 0) is 67.2 Å². The first-order chi connectivity index (χ1) is 17.8. The van der Waals surface area contributed by atoms with E-state index in [4.69, 9.17) is 18.9 Å². The van der Waals surface area contributed by atoms with Gasteiger partial charge in [-0.1, -0.05) is 13.0 Å². The molecule has 202 valence electrons. The molecule has 3 saturated carbocycles. The zero-order valence-electron chi connectivity index (χ0n) is 21.3. The molecular formula is C28H30O10. The third kappa shape index (κ3) is 1.73. The maximum Gasteiger partial charge on any atom is 0.342 e. The Kier molecular flexibility index (Phi) is 3.43. The van der Waals surface area contributed by atoms with Gasteiger partial charge in [-0.25, -0.2) is 4.79 Å². The number of aliphatic hydroxyl groups is 3. The lowest BCUT2D eigenvalue weighted by Gasteiger charge is -2.66. The van der Waals surface area contributed by atoms with Gasteiger partial charge in [0, 0.05) is 17.8 Å². The highest BCUT2D eigenvalue weighted by atomic mass is 16.8. The standard InChI is InChI=1S/C28H30O10/c1-10-15(29)5-4-11-18(10)16(30)6-12-19(11)13-7-25(33)22(32)37-24(3)17-8-23(2)14(20(31)36-17)9-35-28(12)26(13,34)21(23)27(24,25)38-28/h4-5,12-14,16-17,19,21,29-30,33-34H,6-9H2,1-3H3/t12-,13?,14-,16-,17+,19+,21+,23+,24-,25?,26+,27-,28-/m0/s1. The molecule has 0 radical (unpaired) electrons. The summed E-state index contributed by atoms with van der Waals surface area (Å²) in [6.45, 7) is 5.26. The van der Waals surface area contributed by atoms with Crippen molar-refractivity contribution in [3.63, 3.8) is 0 Å². The first kappa shape index (κ1) is 22.6. The fourth-order valence-electron chi connectivity index (χ4n) is 11.2.